The maximum atomic E-state index is 8.45. The molecule has 0 saturated carbocycles. The van der Waals surface area contributed by atoms with Gasteiger partial charge >= 0.3 is 0 Å². The van der Waals surface area contributed by atoms with Crippen LogP contribution in [0.4, 0.5) is 0 Å². The normalized spacial score (nSPS) is 18.0. The van der Waals surface area contributed by atoms with Crippen LogP contribution in [0.15, 0.2) is 0 Å². The quantitative estimate of drug-likeness (QED) is 0.587. The molecule has 0 spiro atoms. The van der Waals surface area contributed by atoms with E-state index in [0.717, 1.165) is 6.42 Å². The van der Waals surface area contributed by atoms with Gasteiger partial charge < -0.3 is 5.11 Å². The van der Waals surface area contributed by atoms with Gasteiger partial charge in [0.25, 0.3) is 0 Å². The van der Waals surface area contributed by atoms with Crippen LogP contribution in [0.1, 0.15) is 26.7 Å². The predicted octanol–water partition coefficient (Wildman–Crippen LogP) is 1.78. The molecule has 1 N–H and O–H groups in total. The summed E-state index contributed by atoms with van der Waals surface area (Å²) in [5.41, 5.74) is 0. The summed E-state index contributed by atoms with van der Waals surface area (Å²) in [5.74, 6) is 0. The lowest BCUT2D eigenvalue weighted by Crippen LogP contribution is -2.15. The van der Waals surface area contributed by atoms with Crippen LogP contribution in [0, 0.1) is 0 Å². The lowest BCUT2D eigenvalue weighted by atomic mass is 10.1. The minimum Gasteiger partial charge on any atom is -0.396 e. The Balaban J connectivity index is 3.37. The molecule has 8 heavy (non-hydrogen) atoms. The maximum absolute atomic E-state index is 8.45. The van der Waals surface area contributed by atoms with Crippen LogP contribution in [0.2, 0.25) is 0 Å². The Kier molecular flexibility index (Phi) is 3.41. The largest absolute Gasteiger partial charge is 0.396 e. The van der Waals surface area contributed by atoms with Crippen molar-refractivity contribution in [3.05, 3.63) is 0 Å². The lowest BCUT2D eigenvalue weighted by molar-refractivity contribution is 0.268. The first-order valence-corrected chi connectivity index (χ1v) is 3.30. The monoisotopic (exact) mass is 136 g/mol. The predicted molar refractivity (Wildman–Crippen MR) is 36.3 cm³/mol. The Hall–Kier alpha value is 0.250. The van der Waals surface area contributed by atoms with Gasteiger partial charge in [-0.1, -0.05) is 6.92 Å². The second-order valence-corrected chi connectivity index (χ2v) is 3.15. The molecule has 0 radical (unpaired) electrons. The van der Waals surface area contributed by atoms with Gasteiger partial charge in [-0.25, -0.2) is 0 Å². The van der Waals surface area contributed by atoms with Gasteiger partial charge in [-0.15, -0.1) is 11.6 Å². The minimum atomic E-state index is -0.186. The molecule has 1 atom stereocenters. The van der Waals surface area contributed by atoms with Crippen LogP contribution >= 0.6 is 11.6 Å². The summed E-state index contributed by atoms with van der Waals surface area (Å²) in [4.78, 5) is -0.186. The number of rotatable bonds is 3. The van der Waals surface area contributed by atoms with Crippen molar-refractivity contribution in [2.24, 2.45) is 0 Å². The highest BCUT2D eigenvalue weighted by Gasteiger charge is 2.15. The molecule has 0 saturated heterocycles. The first-order chi connectivity index (χ1) is 3.62. The molecule has 0 heterocycles. The molecular formula is C6H13ClO. The molecule has 0 aromatic rings. The van der Waals surface area contributed by atoms with Gasteiger partial charge in [0.1, 0.15) is 0 Å². The Morgan fingerprint density at radius 3 is 2.25 bits per heavy atom. The topological polar surface area (TPSA) is 20.2 Å². The molecule has 0 rings (SSSR count). The number of hydrogen-bond donors (Lipinski definition) is 1. The van der Waals surface area contributed by atoms with E-state index in [1.165, 1.54) is 0 Å². The standard InChI is InChI=1S/C6H13ClO/c1-3-6(2,7)4-5-8/h8H,3-5H2,1-2H3. The van der Waals surface area contributed by atoms with Crippen LogP contribution in [0.3, 0.4) is 0 Å². The fourth-order valence-electron chi connectivity index (χ4n) is 0.410. The van der Waals surface area contributed by atoms with Crippen LogP contribution in [0.25, 0.3) is 0 Å². The van der Waals surface area contributed by atoms with Crippen LogP contribution in [-0.2, 0) is 0 Å². The minimum absolute atomic E-state index is 0.186. The number of aliphatic hydroxyl groups is 1. The summed E-state index contributed by atoms with van der Waals surface area (Å²) in [5, 5.41) is 8.45. The van der Waals surface area contributed by atoms with Crippen molar-refractivity contribution in [3.8, 4) is 0 Å². The molecule has 0 aliphatic rings. The van der Waals surface area contributed by atoms with Crippen molar-refractivity contribution in [1.82, 2.24) is 0 Å². The third-order valence-electron chi connectivity index (χ3n) is 1.37. The van der Waals surface area contributed by atoms with Crippen LogP contribution in [0.5, 0.6) is 0 Å². The van der Waals surface area contributed by atoms with E-state index in [1.807, 2.05) is 13.8 Å². The van der Waals surface area contributed by atoms with Gasteiger partial charge in [0.05, 0.1) is 0 Å². The SMILES string of the molecule is CCC(C)(Cl)CCO. The number of alkyl halides is 1. The number of halogens is 1. The molecule has 0 aromatic heterocycles. The fraction of sp³-hybridized carbons (Fsp3) is 1.00. The van der Waals surface area contributed by atoms with E-state index in [9.17, 15) is 0 Å². The van der Waals surface area contributed by atoms with Gasteiger partial charge in [-0.3, -0.25) is 0 Å². The Bertz CT molecular complexity index is 61.5. The Morgan fingerprint density at radius 2 is 2.12 bits per heavy atom. The van der Waals surface area contributed by atoms with E-state index in [4.69, 9.17) is 16.7 Å². The third-order valence-corrected chi connectivity index (χ3v) is 1.83. The molecule has 0 bridgehead atoms. The van der Waals surface area contributed by atoms with Gasteiger partial charge in [-0.2, -0.15) is 0 Å². The highest BCUT2D eigenvalue weighted by molar-refractivity contribution is 6.23. The molecule has 0 amide bonds. The van der Waals surface area contributed by atoms with E-state index in [1.54, 1.807) is 0 Å². The molecule has 0 aliphatic carbocycles. The maximum Gasteiger partial charge on any atom is 0.0447 e. The van der Waals surface area contributed by atoms with Gasteiger partial charge in [0.2, 0.25) is 0 Å². The van der Waals surface area contributed by atoms with E-state index < -0.39 is 0 Å². The fourth-order valence-corrected chi connectivity index (χ4v) is 0.494. The zero-order valence-electron chi connectivity index (χ0n) is 5.45. The zero-order valence-corrected chi connectivity index (χ0v) is 6.20. The van der Waals surface area contributed by atoms with Crippen molar-refractivity contribution in [2.45, 2.75) is 31.6 Å². The molecule has 0 aliphatic heterocycles. The molecular weight excluding hydrogens is 124 g/mol. The second-order valence-electron chi connectivity index (χ2n) is 2.24. The van der Waals surface area contributed by atoms with Gasteiger partial charge in [-0.05, 0) is 19.8 Å². The average Bonchev–Trinajstić information content (AvgIpc) is 1.67. The van der Waals surface area contributed by atoms with Crippen molar-refractivity contribution >= 4 is 11.6 Å². The zero-order chi connectivity index (χ0) is 6.62. The summed E-state index contributed by atoms with van der Waals surface area (Å²) >= 11 is 5.86. The summed E-state index contributed by atoms with van der Waals surface area (Å²) < 4.78 is 0. The van der Waals surface area contributed by atoms with E-state index in [-0.39, 0.29) is 11.5 Å². The summed E-state index contributed by atoms with van der Waals surface area (Å²) in [6.45, 7) is 4.14. The number of hydrogen-bond acceptors (Lipinski definition) is 1. The molecule has 1 nitrogen and oxygen atoms in total. The van der Waals surface area contributed by atoms with Gasteiger partial charge in [0, 0.05) is 11.5 Å². The van der Waals surface area contributed by atoms with Crippen molar-refractivity contribution < 1.29 is 5.11 Å². The first-order valence-electron chi connectivity index (χ1n) is 2.92. The lowest BCUT2D eigenvalue weighted by Gasteiger charge is -2.17. The smallest absolute Gasteiger partial charge is 0.0447 e. The van der Waals surface area contributed by atoms with Crippen LogP contribution in [-0.4, -0.2) is 16.6 Å². The third kappa shape index (κ3) is 3.28. The number of aliphatic hydroxyl groups excluding tert-OH is 1. The molecule has 1 unspecified atom stereocenters. The first kappa shape index (κ1) is 8.25. The van der Waals surface area contributed by atoms with E-state index >= 15 is 0 Å². The molecule has 50 valence electrons. The Morgan fingerprint density at radius 1 is 1.62 bits per heavy atom. The highest BCUT2D eigenvalue weighted by Crippen LogP contribution is 2.21. The van der Waals surface area contributed by atoms with Crippen molar-refractivity contribution in [1.29, 1.82) is 0 Å². The van der Waals surface area contributed by atoms with Crippen LogP contribution < -0.4 is 0 Å². The van der Waals surface area contributed by atoms with Crippen molar-refractivity contribution in [2.75, 3.05) is 6.61 Å². The summed E-state index contributed by atoms with van der Waals surface area (Å²) in [7, 11) is 0. The second kappa shape index (κ2) is 3.31. The molecule has 2 heteroatoms. The van der Waals surface area contributed by atoms with Crippen molar-refractivity contribution in [3.63, 3.8) is 0 Å². The summed E-state index contributed by atoms with van der Waals surface area (Å²) in [6, 6.07) is 0. The average molecular weight is 137 g/mol. The van der Waals surface area contributed by atoms with E-state index in [2.05, 4.69) is 0 Å². The summed E-state index contributed by atoms with van der Waals surface area (Å²) in [6.07, 6.45) is 1.60. The van der Waals surface area contributed by atoms with Gasteiger partial charge in [0.15, 0.2) is 0 Å². The highest BCUT2D eigenvalue weighted by atomic mass is 35.5. The molecule has 0 aromatic carbocycles. The molecule has 0 fully saturated rings. The Labute approximate surface area is 55.7 Å². The van der Waals surface area contributed by atoms with E-state index in [0.29, 0.717) is 6.42 Å².